The van der Waals surface area contributed by atoms with Crippen molar-refractivity contribution in [3.05, 3.63) is 46.6 Å². The SMILES string of the molecule is Cc1ccc(-c2csc(NC(=O)c3nnn(C4CCNCC4)c3C)n2)cc1.Cl. The zero-order valence-corrected chi connectivity index (χ0v) is 17.4. The third-order valence-electron chi connectivity index (χ3n) is 4.87. The fraction of sp³-hybridized carbons (Fsp3) is 0.368. The summed E-state index contributed by atoms with van der Waals surface area (Å²) in [5, 5.41) is 17.0. The summed E-state index contributed by atoms with van der Waals surface area (Å²) in [5.74, 6) is -0.266. The zero-order chi connectivity index (χ0) is 18.8. The van der Waals surface area contributed by atoms with Crippen LogP contribution in [0.1, 0.15) is 40.6 Å². The molecule has 0 aliphatic carbocycles. The van der Waals surface area contributed by atoms with Gasteiger partial charge >= 0.3 is 0 Å². The number of benzene rings is 1. The number of hydrogen-bond acceptors (Lipinski definition) is 6. The van der Waals surface area contributed by atoms with Gasteiger partial charge in [-0.15, -0.1) is 28.8 Å². The van der Waals surface area contributed by atoms with Crippen molar-refractivity contribution in [1.82, 2.24) is 25.3 Å². The second kappa shape index (κ2) is 8.81. The Morgan fingerprint density at radius 2 is 1.93 bits per heavy atom. The molecule has 1 amide bonds. The van der Waals surface area contributed by atoms with Crippen LogP contribution >= 0.6 is 23.7 Å². The molecule has 1 saturated heterocycles. The van der Waals surface area contributed by atoms with Crippen LogP contribution in [-0.4, -0.2) is 39.0 Å². The molecule has 1 aliphatic heterocycles. The van der Waals surface area contributed by atoms with Gasteiger partial charge in [-0.2, -0.15) is 0 Å². The molecule has 3 aromatic rings. The van der Waals surface area contributed by atoms with Crippen molar-refractivity contribution in [2.75, 3.05) is 18.4 Å². The summed E-state index contributed by atoms with van der Waals surface area (Å²) in [4.78, 5) is 17.2. The van der Waals surface area contributed by atoms with Gasteiger partial charge in [0.15, 0.2) is 10.8 Å². The number of aryl methyl sites for hydroxylation is 1. The molecule has 1 aromatic carbocycles. The molecule has 4 rings (SSSR count). The van der Waals surface area contributed by atoms with E-state index in [0.29, 0.717) is 16.9 Å². The Bertz CT molecular complexity index is 946. The first kappa shape index (κ1) is 20.4. The van der Waals surface area contributed by atoms with Crippen LogP contribution in [-0.2, 0) is 0 Å². The molecule has 0 atom stereocenters. The minimum Gasteiger partial charge on any atom is -0.317 e. The summed E-state index contributed by atoms with van der Waals surface area (Å²) in [7, 11) is 0. The number of rotatable bonds is 4. The van der Waals surface area contributed by atoms with Crippen LogP contribution in [0.3, 0.4) is 0 Å². The first-order valence-corrected chi connectivity index (χ1v) is 9.96. The van der Waals surface area contributed by atoms with Crippen LogP contribution in [0.4, 0.5) is 5.13 Å². The normalized spacial score (nSPS) is 14.5. The third-order valence-corrected chi connectivity index (χ3v) is 5.63. The lowest BCUT2D eigenvalue weighted by molar-refractivity contribution is 0.102. The van der Waals surface area contributed by atoms with Crippen molar-refractivity contribution < 1.29 is 4.79 Å². The number of hydrogen-bond donors (Lipinski definition) is 2. The highest BCUT2D eigenvalue weighted by molar-refractivity contribution is 7.14. The smallest absolute Gasteiger partial charge is 0.279 e. The number of halogens is 1. The van der Waals surface area contributed by atoms with E-state index in [1.807, 2.05) is 29.1 Å². The fourth-order valence-electron chi connectivity index (χ4n) is 3.29. The van der Waals surface area contributed by atoms with Gasteiger partial charge < -0.3 is 5.32 Å². The lowest BCUT2D eigenvalue weighted by atomic mass is 10.1. The highest BCUT2D eigenvalue weighted by atomic mass is 35.5. The summed E-state index contributed by atoms with van der Waals surface area (Å²) < 4.78 is 1.88. The second-order valence-corrected chi connectivity index (χ2v) is 7.67. The summed E-state index contributed by atoms with van der Waals surface area (Å²) in [6.45, 7) is 5.88. The van der Waals surface area contributed by atoms with E-state index in [0.717, 1.165) is 42.9 Å². The van der Waals surface area contributed by atoms with E-state index in [9.17, 15) is 4.79 Å². The van der Waals surface area contributed by atoms with Crippen molar-refractivity contribution >= 4 is 34.8 Å². The maximum absolute atomic E-state index is 12.6. The summed E-state index contributed by atoms with van der Waals surface area (Å²) in [5.41, 5.74) is 4.25. The molecule has 0 spiro atoms. The maximum Gasteiger partial charge on any atom is 0.279 e. The van der Waals surface area contributed by atoms with E-state index in [1.165, 1.54) is 16.9 Å². The highest BCUT2D eigenvalue weighted by Gasteiger charge is 2.23. The predicted molar refractivity (Wildman–Crippen MR) is 113 cm³/mol. The second-order valence-electron chi connectivity index (χ2n) is 6.81. The Hall–Kier alpha value is -2.29. The van der Waals surface area contributed by atoms with Crippen LogP contribution in [0.5, 0.6) is 0 Å². The Balaban J connectivity index is 0.00000225. The number of thiazole rings is 1. The molecule has 1 fully saturated rings. The Kier molecular flexibility index (Phi) is 6.43. The molecular formula is C19H23ClN6OS. The van der Waals surface area contributed by atoms with Crippen molar-refractivity contribution in [2.24, 2.45) is 0 Å². The van der Waals surface area contributed by atoms with Gasteiger partial charge in [-0.3, -0.25) is 10.1 Å². The van der Waals surface area contributed by atoms with Crippen LogP contribution in [0.2, 0.25) is 0 Å². The molecule has 9 heteroatoms. The van der Waals surface area contributed by atoms with E-state index in [-0.39, 0.29) is 18.3 Å². The van der Waals surface area contributed by atoms with Gasteiger partial charge in [-0.05, 0) is 39.8 Å². The van der Waals surface area contributed by atoms with Gasteiger partial charge in [-0.25, -0.2) is 9.67 Å². The molecule has 148 valence electrons. The highest BCUT2D eigenvalue weighted by Crippen LogP contribution is 2.26. The number of carbonyl (C=O) groups is 1. The van der Waals surface area contributed by atoms with Gasteiger partial charge in [0.25, 0.3) is 5.91 Å². The Morgan fingerprint density at radius 1 is 1.21 bits per heavy atom. The average molecular weight is 419 g/mol. The van der Waals surface area contributed by atoms with Crippen LogP contribution in [0, 0.1) is 13.8 Å². The van der Waals surface area contributed by atoms with Crippen molar-refractivity contribution in [3.63, 3.8) is 0 Å². The van der Waals surface area contributed by atoms with Gasteiger partial charge in [0.1, 0.15) is 0 Å². The predicted octanol–water partition coefficient (Wildman–Crippen LogP) is 3.62. The molecule has 2 aromatic heterocycles. The number of nitrogens with zero attached hydrogens (tertiary/aromatic N) is 4. The molecule has 3 heterocycles. The van der Waals surface area contributed by atoms with E-state index in [1.54, 1.807) is 0 Å². The first-order chi connectivity index (χ1) is 13.1. The van der Waals surface area contributed by atoms with Crippen LogP contribution in [0.25, 0.3) is 11.3 Å². The number of aromatic nitrogens is 4. The van der Waals surface area contributed by atoms with Crippen molar-refractivity contribution in [2.45, 2.75) is 32.7 Å². The van der Waals surface area contributed by atoms with E-state index >= 15 is 0 Å². The Labute approximate surface area is 174 Å². The number of nitrogens with one attached hydrogen (secondary N) is 2. The molecule has 0 unspecified atom stereocenters. The quantitative estimate of drug-likeness (QED) is 0.676. The number of anilines is 1. The number of piperidine rings is 1. The standard InChI is InChI=1S/C19H22N6OS.ClH/c1-12-3-5-14(6-4-12)16-11-27-19(21-16)22-18(26)17-13(2)25(24-23-17)15-7-9-20-10-8-15;/h3-6,11,15,20H,7-10H2,1-2H3,(H,21,22,26);1H. The molecule has 1 aliphatic rings. The van der Waals surface area contributed by atoms with Crippen LogP contribution < -0.4 is 10.6 Å². The largest absolute Gasteiger partial charge is 0.317 e. The van der Waals surface area contributed by atoms with Gasteiger partial charge in [0.05, 0.1) is 17.4 Å². The van der Waals surface area contributed by atoms with Crippen LogP contribution in [0.15, 0.2) is 29.6 Å². The van der Waals surface area contributed by atoms with Gasteiger partial charge in [0.2, 0.25) is 0 Å². The topological polar surface area (TPSA) is 84.7 Å². The third kappa shape index (κ3) is 4.24. The molecule has 7 nitrogen and oxygen atoms in total. The molecular weight excluding hydrogens is 396 g/mol. The minimum absolute atomic E-state index is 0. The monoisotopic (exact) mass is 418 g/mol. The maximum atomic E-state index is 12.6. The molecule has 0 radical (unpaired) electrons. The lowest BCUT2D eigenvalue weighted by Crippen LogP contribution is -2.30. The average Bonchev–Trinajstić information content (AvgIpc) is 3.30. The summed E-state index contributed by atoms with van der Waals surface area (Å²) in [6, 6.07) is 8.47. The molecule has 2 N–H and O–H groups in total. The molecule has 0 bridgehead atoms. The van der Waals surface area contributed by atoms with E-state index in [2.05, 4.69) is 45.0 Å². The minimum atomic E-state index is -0.266. The fourth-order valence-corrected chi connectivity index (χ4v) is 4.01. The first-order valence-electron chi connectivity index (χ1n) is 9.08. The molecule has 0 saturated carbocycles. The molecule has 28 heavy (non-hydrogen) atoms. The zero-order valence-electron chi connectivity index (χ0n) is 15.8. The van der Waals surface area contributed by atoms with E-state index in [4.69, 9.17) is 0 Å². The lowest BCUT2D eigenvalue weighted by Gasteiger charge is -2.23. The van der Waals surface area contributed by atoms with Gasteiger partial charge in [-0.1, -0.05) is 35.0 Å². The number of amides is 1. The summed E-state index contributed by atoms with van der Waals surface area (Å²) in [6.07, 6.45) is 2.00. The Morgan fingerprint density at radius 3 is 2.64 bits per heavy atom. The van der Waals surface area contributed by atoms with Crippen molar-refractivity contribution in [1.29, 1.82) is 0 Å². The van der Waals surface area contributed by atoms with Crippen molar-refractivity contribution in [3.8, 4) is 11.3 Å². The number of carbonyl (C=O) groups excluding carboxylic acids is 1. The van der Waals surface area contributed by atoms with E-state index < -0.39 is 0 Å². The summed E-state index contributed by atoms with van der Waals surface area (Å²) >= 11 is 1.41. The van der Waals surface area contributed by atoms with Gasteiger partial charge in [0, 0.05) is 10.9 Å².